The van der Waals surface area contributed by atoms with Gasteiger partial charge in [-0.15, -0.1) is 0 Å². The molecule has 2 aromatic rings. The van der Waals surface area contributed by atoms with E-state index in [4.69, 9.17) is 0 Å². The fourth-order valence-corrected chi connectivity index (χ4v) is 1.96. The van der Waals surface area contributed by atoms with Crippen LogP contribution in [0.1, 0.15) is 0 Å². The van der Waals surface area contributed by atoms with Crippen LogP contribution in [-0.2, 0) is 6.54 Å². The Morgan fingerprint density at radius 2 is 2.37 bits per heavy atom. The summed E-state index contributed by atoms with van der Waals surface area (Å²) in [6.07, 6.45) is 5.09. The van der Waals surface area contributed by atoms with Gasteiger partial charge < -0.3 is 4.90 Å². The van der Waals surface area contributed by atoms with Crippen molar-refractivity contribution in [1.82, 2.24) is 14.8 Å². The van der Waals surface area contributed by atoms with Crippen molar-refractivity contribution in [2.45, 2.75) is 6.54 Å². The van der Waals surface area contributed by atoms with E-state index in [1.54, 1.807) is 29.0 Å². The van der Waals surface area contributed by atoms with Gasteiger partial charge in [-0.1, -0.05) is 0 Å². The fraction of sp³-hybridized carbons (Fsp3) is 0.273. The number of hydrogen-bond acceptors (Lipinski definition) is 5. The lowest BCUT2D eigenvalue weighted by Crippen LogP contribution is -2.24. The highest BCUT2D eigenvalue weighted by atomic mass is 79.9. The zero-order valence-electron chi connectivity index (χ0n) is 10.2. The molecule has 7 nitrogen and oxygen atoms in total. The number of anilines is 1. The Labute approximate surface area is 118 Å². The van der Waals surface area contributed by atoms with Crippen molar-refractivity contribution in [1.29, 1.82) is 0 Å². The molecule has 0 atom stereocenters. The van der Waals surface area contributed by atoms with Crippen LogP contribution in [0.5, 0.6) is 0 Å². The highest BCUT2D eigenvalue weighted by Crippen LogP contribution is 2.27. The average molecular weight is 326 g/mol. The van der Waals surface area contributed by atoms with Gasteiger partial charge in [0.2, 0.25) is 5.82 Å². The molecule has 2 heterocycles. The summed E-state index contributed by atoms with van der Waals surface area (Å²) in [5, 5.41) is 15.1. The normalized spacial score (nSPS) is 10.4. The molecule has 0 fully saturated rings. The van der Waals surface area contributed by atoms with E-state index in [0.29, 0.717) is 23.4 Å². The Morgan fingerprint density at radius 1 is 1.58 bits per heavy atom. The summed E-state index contributed by atoms with van der Waals surface area (Å²) in [5.41, 5.74) is -0.0164. The smallest absolute Gasteiger partial charge is 0.312 e. The molecule has 0 aliphatic rings. The molecule has 0 aromatic carbocycles. The fourth-order valence-electron chi connectivity index (χ4n) is 1.64. The number of likely N-dealkylation sites (N-methyl/N-ethyl adjacent to an activating group) is 1. The van der Waals surface area contributed by atoms with Crippen molar-refractivity contribution in [2.75, 3.05) is 18.5 Å². The van der Waals surface area contributed by atoms with Crippen LogP contribution in [0.2, 0.25) is 0 Å². The van der Waals surface area contributed by atoms with E-state index in [0.717, 1.165) is 0 Å². The molecule has 0 aliphatic carbocycles. The Bertz CT molecular complexity index is 572. The molecular weight excluding hydrogens is 314 g/mol. The number of nitro groups is 1. The van der Waals surface area contributed by atoms with Gasteiger partial charge in [0, 0.05) is 42.7 Å². The van der Waals surface area contributed by atoms with Gasteiger partial charge in [0.25, 0.3) is 0 Å². The van der Waals surface area contributed by atoms with Crippen LogP contribution in [0.15, 0.2) is 35.2 Å². The lowest BCUT2D eigenvalue weighted by atomic mass is 10.3. The maximum Gasteiger partial charge on any atom is 0.312 e. The lowest BCUT2D eigenvalue weighted by Gasteiger charge is -2.17. The van der Waals surface area contributed by atoms with Crippen molar-refractivity contribution in [3.63, 3.8) is 0 Å². The number of hydrogen-bond donors (Lipinski definition) is 0. The summed E-state index contributed by atoms with van der Waals surface area (Å²) >= 11 is 3.18. The second-order valence-electron chi connectivity index (χ2n) is 3.94. The Kier molecular flexibility index (Phi) is 4.10. The maximum absolute atomic E-state index is 11.0. The summed E-state index contributed by atoms with van der Waals surface area (Å²) in [4.78, 5) is 16.4. The monoisotopic (exact) mass is 325 g/mol. The molecule has 0 saturated carbocycles. The summed E-state index contributed by atoms with van der Waals surface area (Å²) in [6, 6.07) is 3.28. The van der Waals surface area contributed by atoms with Crippen LogP contribution in [0.3, 0.4) is 0 Å². The van der Waals surface area contributed by atoms with E-state index in [1.807, 2.05) is 12.3 Å². The molecule has 0 aliphatic heterocycles. The Balaban J connectivity index is 2.14. The van der Waals surface area contributed by atoms with Gasteiger partial charge in [0.05, 0.1) is 11.5 Å². The zero-order valence-corrected chi connectivity index (χ0v) is 11.8. The first kappa shape index (κ1) is 13.5. The SMILES string of the molecule is CN(CCn1cccn1)c1ncc(Br)cc1[N+](=O)[O-]. The first-order valence-corrected chi connectivity index (χ1v) is 6.35. The van der Waals surface area contributed by atoms with E-state index in [-0.39, 0.29) is 5.69 Å². The average Bonchev–Trinajstić information content (AvgIpc) is 2.88. The van der Waals surface area contributed by atoms with E-state index in [9.17, 15) is 10.1 Å². The van der Waals surface area contributed by atoms with Gasteiger partial charge in [0.1, 0.15) is 0 Å². The van der Waals surface area contributed by atoms with Crippen LogP contribution >= 0.6 is 15.9 Å². The molecule has 0 spiro atoms. The highest BCUT2D eigenvalue weighted by Gasteiger charge is 2.19. The van der Waals surface area contributed by atoms with Crippen LogP contribution in [0, 0.1) is 10.1 Å². The van der Waals surface area contributed by atoms with Crippen LogP contribution in [-0.4, -0.2) is 33.3 Å². The second kappa shape index (κ2) is 5.79. The predicted octanol–water partition coefficient (Wildman–Crippen LogP) is 2.09. The summed E-state index contributed by atoms with van der Waals surface area (Å²) < 4.78 is 2.35. The van der Waals surface area contributed by atoms with Crippen LogP contribution in [0.4, 0.5) is 11.5 Å². The predicted molar refractivity (Wildman–Crippen MR) is 74.1 cm³/mol. The highest BCUT2D eigenvalue weighted by molar-refractivity contribution is 9.10. The van der Waals surface area contributed by atoms with Gasteiger partial charge >= 0.3 is 5.69 Å². The largest absolute Gasteiger partial charge is 0.352 e. The molecule has 2 aromatic heterocycles. The quantitative estimate of drug-likeness (QED) is 0.621. The minimum Gasteiger partial charge on any atom is -0.352 e. The lowest BCUT2D eigenvalue weighted by molar-refractivity contribution is -0.384. The van der Waals surface area contributed by atoms with E-state index < -0.39 is 4.92 Å². The molecule has 0 amide bonds. The third kappa shape index (κ3) is 3.28. The third-order valence-corrected chi connectivity index (χ3v) is 3.03. The molecular formula is C11H12BrN5O2. The number of nitrogens with zero attached hydrogens (tertiary/aromatic N) is 5. The van der Waals surface area contributed by atoms with Gasteiger partial charge in [0.15, 0.2) is 0 Å². The van der Waals surface area contributed by atoms with Crippen molar-refractivity contribution in [2.24, 2.45) is 0 Å². The third-order valence-electron chi connectivity index (χ3n) is 2.60. The Hall–Kier alpha value is -1.96. The van der Waals surface area contributed by atoms with Gasteiger partial charge in [-0.3, -0.25) is 14.8 Å². The van der Waals surface area contributed by atoms with Crippen LogP contribution in [0.25, 0.3) is 0 Å². The van der Waals surface area contributed by atoms with Crippen molar-refractivity contribution in [3.05, 3.63) is 45.3 Å². The molecule has 0 radical (unpaired) electrons. The van der Waals surface area contributed by atoms with E-state index in [2.05, 4.69) is 26.0 Å². The standard InChI is InChI=1S/C11H12BrN5O2/c1-15(5-6-16-4-2-3-14-16)11-10(17(18)19)7-9(12)8-13-11/h2-4,7-8H,5-6H2,1H3. The van der Waals surface area contributed by atoms with Crippen molar-refractivity contribution < 1.29 is 4.92 Å². The maximum atomic E-state index is 11.0. The number of pyridine rings is 1. The first-order valence-electron chi connectivity index (χ1n) is 5.56. The number of rotatable bonds is 5. The molecule has 8 heteroatoms. The van der Waals surface area contributed by atoms with Crippen LogP contribution < -0.4 is 4.90 Å². The summed E-state index contributed by atoms with van der Waals surface area (Å²) in [5.74, 6) is 0.348. The first-order chi connectivity index (χ1) is 9.08. The van der Waals surface area contributed by atoms with Gasteiger partial charge in [-0.25, -0.2) is 4.98 Å². The van der Waals surface area contributed by atoms with Crippen molar-refractivity contribution in [3.8, 4) is 0 Å². The molecule has 0 N–H and O–H groups in total. The topological polar surface area (TPSA) is 77.1 Å². The summed E-state index contributed by atoms with van der Waals surface area (Å²) in [7, 11) is 1.77. The molecule has 0 unspecified atom stereocenters. The van der Waals surface area contributed by atoms with E-state index >= 15 is 0 Å². The second-order valence-corrected chi connectivity index (χ2v) is 4.86. The van der Waals surface area contributed by atoms with Crippen molar-refractivity contribution >= 4 is 27.4 Å². The number of aromatic nitrogens is 3. The Morgan fingerprint density at radius 3 is 3.00 bits per heavy atom. The molecule has 0 bridgehead atoms. The number of halogens is 1. The molecule has 19 heavy (non-hydrogen) atoms. The van der Waals surface area contributed by atoms with Gasteiger partial charge in [-0.05, 0) is 22.0 Å². The molecule has 0 saturated heterocycles. The summed E-state index contributed by atoms with van der Waals surface area (Å²) in [6.45, 7) is 1.22. The molecule has 100 valence electrons. The van der Waals surface area contributed by atoms with E-state index in [1.165, 1.54) is 6.07 Å². The zero-order chi connectivity index (χ0) is 13.8. The molecule has 2 rings (SSSR count). The minimum absolute atomic E-state index is 0.0164. The van der Waals surface area contributed by atoms with Gasteiger partial charge in [-0.2, -0.15) is 5.10 Å². The minimum atomic E-state index is -0.433.